The van der Waals surface area contributed by atoms with Crippen molar-refractivity contribution in [3.8, 4) is 11.5 Å². The molecule has 2 aromatic carbocycles. The van der Waals surface area contributed by atoms with Gasteiger partial charge in [-0.3, -0.25) is 14.5 Å². The van der Waals surface area contributed by atoms with Crippen molar-refractivity contribution in [1.82, 2.24) is 4.90 Å². The van der Waals surface area contributed by atoms with Gasteiger partial charge in [-0.25, -0.2) is 0 Å². The van der Waals surface area contributed by atoms with E-state index in [0.717, 1.165) is 27.9 Å². The topological polar surface area (TPSA) is 77.1 Å². The number of hydrogen-bond donors (Lipinski definition) is 1. The fourth-order valence-corrected chi connectivity index (χ4v) is 5.22. The number of hydrogen-bond acceptors (Lipinski definition) is 7. The zero-order valence-corrected chi connectivity index (χ0v) is 22.9. The van der Waals surface area contributed by atoms with E-state index in [1.54, 1.807) is 30.2 Å². The average Bonchev–Trinajstić information content (AvgIpc) is 3.08. The minimum Gasteiger partial charge on any atom is -0.490 e. The number of amides is 2. The molecule has 1 aliphatic rings. The third-order valence-corrected chi connectivity index (χ3v) is 6.85. The Morgan fingerprint density at radius 1 is 1.11 bits per heavy atom. The second kappa shape index (κ2) is 12.9. The Kier molecular flexibility index (Phi) is 9.92. The maximum absolute atomic E-state index is 12.8. The number of nitrogens with zero attached hydrogens (tertiary/aromatic N) is 1. The summed E-state index contributed by atoms with van der Waals surface area (Å²) in [4.78, 5) is 27.5. The van der Waals surface area contributed by atoms with Gasteiger partial charge in [0.15, 0.2) is 18.1 Å². The van der Waals surface area contributed by atoms with Gasteiger partial charge in [-0.2, -0.15) is 0 Å². The van der Waals surface area contributed by atoms with Crippen LogP contribution in [0.25, 0.3) is 6.08 Å². The van der Waals surface area contributed by atoms with Gasteiger partial charge in [-0.15, -0.1) is 0 Å². The van der Waals surface area contributed by atoms with Gasteiger partial charge in [0.2, 0.25) is 0 Å². The molecule has 0 unspecified atom stereocenters. The lowest BCUT2D eigenvalue weighted by atomic mass is 10.1. The third kappa shape index (κ3) is 7.09. The molecule has 0 radical (unpaired) electrons. The van der Waals surface area contributed by atoms with Crippen molar-refractivity contribution < 1.29 is 23.8 Å². The van der Waals surface area contributed by atoms with Crippen molar-refractivity contribution >= 4 is 51.9 Å². The van der Waals surface area contributed by atoms with Gasteiger partial charge < -0.3 is 19.5 Å². The van der Waals surface area contributed by atoms with Crippen molar-refractivity contribution in [2.45, 2.75) is 34.1 Å². The van der Waals surface area contributed by atoms with Gasteiger partial charge in [0.1, 0.15) is 4.32 Å². The van der Waals surface area contributed by atoms with Crippen LogP contribution < -0.4 is 14.8 Å². The van der Waals surface area contributed by atoms with E-state index < -0.39 is 0 Å². The minimum atomic E-state index is -0.256. The van der Waals surface area contributed by atoms with Gasteiger partial charge in [0.05, 0.1) is 11.5 Å². The van der Waals surface area contributed by atoms with Crippen LogP contribution in [0.5, 0.6) is 11.5 Å². The number of ether oxygens (including phenoxy) is 3. The molecule has 1 fully saturated rings. The number of benzene rings is 2. The average molecular weight is 529 g/mol. The van der Waals surface area contributed by atoms with E-state index in [1.807, 2.05) is 45.9 Å². The molecular weight excluding hydrogens is 496 g/mol. The number of carbonyl (C=O) groups excluding carboxylic acids is 2. The summed E-state index contributed by atoms with van der Waals surface area (Å²) in [6, 6.07) is 9.42. The number of nitrogens with one attached hydrogen (secondary N) is 1. The fourth-order valence-electron chi connectivity index (χ4n) is 3.91. The molecule has 0 spiro atoms. The second-order valence-electron chi connectivity index (χ2n) is 8.43. The van der Waals surface area contributed by atoms with E-state index in [0.29, 0.717) is 46.9 Å². The zero-order valence-electron chi connectivity index (χ0n) is 21.3. The van der Waals surface area contributed by atoms with E-state index in [2.05, 4.69) is 5.32 Å². The molecule has 3 rings (SSSR count). The first-order valence-electron chi connectivity index (χ1n) is 11.7. The number of rotatable bonds is 11. The van der Waals surface area contributed by atoms with Crippen LogP contribution in [0, 0.1) is 20.8 Å². The molecular formula is C27H32N2O5S2. The van der Waals surface area contributed by atoms with Gasteiger partial charge in [0.25, 0.3) is 11.8 Å². The van der Waals surface area contributed by atoms with Crippen molar-refractivity contribution in [3.63, 3.8) is 0 Å². The Morgan fingerprint density at radius 2 is 1.83 bits per heavy atom. The first-order valence-corrected chi connectivity index (χ1v) is 13.0. The van der Waals surface area contributed by atoms with Crippen molar-refractivity contribution in [3.05, 3.63) is 57.5 Å². The molecule has 1 saturated heterocycles. The quantitative estimate of drug-likeness (QED) is 0.242. The van der Waals surface area contributed by atoms with Crippen LogP contribution in [-0.2, 0) is 14.3 Å². The number of anilines is 1. The zero-order chi connectivity index (χ0) is 26.2. The number of carbonyl (C=O) groups is 2. The molecule has 1 heterocycles. The Bertz CT molecular complexity index is 1160. The van der Waals surface area contributed by atoms with Crippen molar-refractivity contribution in [2.24, 2.45) is 0 Å². The van der Waals surface area contributed by atoms with E-state index in [-0.39, 0.29) is 18.4 Å². The third-order valence-electron chi connectivity index (χ3n) is 5.47. The Morgan fingerprint density at radius 3 is 2.50 bits per heavy atom. The molecule has 0 aliphatic carbocycles. The van der Waals surface area contributed by atoms with E-state index in [1.165, 1.54) is 11.8 Å². The first kappa shape index (κ1) is 27.7. The molecule has 1 aliphatic heterocycles. The highest BCUT2D eigenvalue weighted by atomic mass is 32.2. The van der Waals surface area contributed by atoms with Gasteiger partial charge >= 0.3 is 0 Å². The summed E-state index contributed by atoms with van der Waals surface area (Å²) < 4.78 is 17.1. The largest absolute Gasteiger partial charge is 0.490 e. The maximum Gasteiger partial charge on any atom is 0.266 e. The van der Waals surface area contributed by atoms with Crippen LogP contribution in [0.4, 0.5) is 5.69 Å². The van der Waals surface area contributed by atoms with E-state index in [4.69, 9.17) is 26.4 Å². The summed E-state index contributed by atoms with van der Waals surface area (Å²) >= 11 is 6.66. The fraction of sp³-hybridized carbons (Fsp3) is 0.370. The number of aryl methyl sites for hydroxylation is 3. The molecule has 36 heavy (non-hydrogen) atoms. The summed E-state index contributed by atoms with van der Waals surface area (Å²) in [5.74, 6) is 0.581. The molecule has 192 valence electrons. The highest BCUT2D eigenvalue weighted by molar-refractivity contribution is 8.26. The van der Waals surface area contributed by atoms with Crippen LogP contribution in [0.15, 0.2) is 35.2 Å². The molecule has 0 aromatic heterocycles. The number of methoxy groups -OCH3 is 1. The molecule has 1 N–H and O–H groups in total. The van der Waals surface area contributed by atoms with Crippen LogP contribution in [0.2, 0.25) is 0 Å². The summed E-state index contributed by atoms with van der Waals surface area (Å²) in [6.07, 6.45) is 2.50. The summed E-state index contributed by atoms with van der Waals surface area (Å²) in [7, 11) is 1.63. The van der Waals surface area contributed by atoms with Gasteiger partial charge in [-0.1, -0.05) is 47.7 Å². The van der Waals surface area contributed by atoms with Crippen molar-refractivity contribution in [2.75, 3.05) is 38.8 Å². The normalized spacial score (nSPS) is 14.5. The first-order chi connectivity index (χ1) is 17.2. The molecule has 7 nitrogen and oxygen atoms in total. The highest BCUT2D eigenvalue weighted by Gasteiger charge is 2.31. The van der Waals surface area contributed by atoms with Gasteiger partial charge in [-0.05, 0) is 69.0 Å². The summed E-state index contributed by atoms with van der Waals surface area (Å²) in [6.45, 7) is 9.19. The molecule has 2 amide bonds. The summed E-state index contributed by atoms with van der Waals surface area (Å²) in [5, 5.41) is 2.94. The van der Waals surface area contributed by atoms with Gasteiger partial charge in [0, 0.05) is 25.9 Å². The Balaban J connectivity index is 1.69. The standard InChI is InChI=1S/C27H32N2O5S2/c1-6-33-22-14-20(15-23-26(31)29(27(35)36-23)10-7-11-32-5)8-9-21(22)34-16-24(30)28-25-18(3)12-17(2)13-19(25)4/h8-9,12-15H,6-7,10-11,16H2,1-5H3,(H,28,30)/b23-15-. The lowest BCUT2D eigenvalue weighted by Gasteiger charge is -2.15. The monoisotopic (exact) mass is 528 g/mol. The Labute approximate surface area is 222 Å². The van der Waals surface area contributed by atoms with Crippen LogP contribution >= 0.6 is 24.0 Å². The van der Waals surface area contributed by atoms with E-state index in [9.17, 15) is 9.59 Å². The maximum atomic E-state index is 12.8. The predicted octanol–water partition coefficient (Wildman–Crippen LogP) is 5.27. The lowest BCUT2D eigenvalue weighted by Crippen LogP contribution is -2.29. The minimum absolute atomic E-state index is 0.113. The predicted molar refractivity (Wildman–Crippen MR) is 149 cm³/mol. The van der Waals surface area contributed by atoms with Crippen LogP contribution in [0.3, 0.4) is 0 Å². The lowest BCUT2D eigenvalue weighted by molar-refractivity contribution is -0.122. The second-order valence-corrected chi connectivity index (χ2v) is 10.1. The van der Waals surface area contributed by atoms with Crippen molar-refractivity contribution in [1.29, 1.82) is 0 Å². The van der Waals surface area contributed by atoms with Crippen LogP contribution in [0.1, 0.15) is 35.6 Å². The molecule has 9 heteroatoms. The van der Waals surface area contributed by atoms with Crippen LogP contribution in [-0.4, -0.2) is 54.5 Å². The molecule has 0 atom stereocenters. The molecule has 2 aromatic rings. The SMILES string of the molecule is CCOc1cc(/C=C2\SC(=S)N(CCCOC)C2=O)ccc1OCC(=O)Nc1c(C)cc(C)cc1C. The number of thioether (sulfide) groups is 1. The molecule has 0 saturated carbocycles. The number of thiocarbonyl (C=S) groups is 1. The summed E-state index contributed by atoms with van der Waals surface area (Å²) in [5.41, 5.74) is 4.73. The highest BCUT2D eigenvalue weighted by Crippen LogP contribution is 2.35. The van der Waals surface area contributed by atoms with E-state index >= 15 is 0 Å². The smallest absolute Gasteiger partial charge is 0.266 e. The molecule has 0 bridgehead atoms. The Hall–Kier alpha value is -2.88.